The summed E-state index contributed by atoms with van der Waals surface area (Å²) in [6.07, 6.45) is 1.84. The van der Waals surface area contributed by atoms with Crippen LogP contribution in [0.1, 0.15) is 52.7 Å². The monoisotopic (exact) mass is 851 g/mol. The molecule has 0 bridgehead atoms. The van der Waals surface area contributed by atoms with Crippen LogP contribution in [-0.4, -0.2) is 37.6 Å². The number of aromatic hydroxyl groups is 1. The van der Waals surface area contributed by atoms with Crippen LogP contribution in [0.15, 0.2) is 121 Å². The van der Waals surface area contributed by atoms with Gasteiger partial charge in [-0.1, -0.05) is 96.1 Å². The van der Waals surface area contributed by atoms with Gasteiger partial charge in [0.1, 0.15) is 11.6 Å². The second-order valence-electron chi connectivity index (χ2n) is 14.8. The van der Waals surface area contributed by atoms with E-state index in [0.29, 0.717) is 11.3 Å². The molecule has 51 heavy (non-hydrogen) atoms. The maximum absolute atomic E-state index is 11.0. The molecule has 6 rings (SSSR count). The molecular weight excluding hydrogens is 806 g/mol. The molecule has 0 amide bonds. The number of hydrogen-bond acceptors (Lipinski definition) is 5. The van der Waals surface area contributed by atoms with E-state index in [1.165, 1.54) is 11.1 Å². The predicted molar refractivity (Wildman–Crippen MR) is 211 cm³/mol. The van der Waals surface area contributed by atoms with Crippen LogP contribution in [-0.2, 0) is 31.9 Å². The van der Waals surface area contributed by atoms with Crippen molar-refractivity contribution in [2.45, 2.75) is 52.4 Å². The van der Waals surface area contributed by atoms with E-state index in [0.717, 1.165) is 45.3 Å². The first-order valence-corrected chi connectivity index (χ1v) is 16.8. The van der Waals surface area contributed by atoms with Crippen LogP contribution in [0.4, 0.5) is 22.9 Å². The number of phenolic OH excluding ortho intramolecular Hbond substituents is 1. The zero-order chi connectivity index (χ0) is 34.9. The Hall–Kier alpha value is -4.67. The Morgan fingerprint density at radius 3 is 1.86 bits per heavy atom. The van der Waals surface area contributed by atoms with Gasteiger partial charge in [0.25, 0.3) is 0 Å². The molecule has 0 saturated heterocycles. The number of para-hydroxylation sites is 2. The molecule has 0 saturated carbocycles. The van der Waals surface area contributed by atoms with Crippen LogP contribution in [0.25, 0.3) is 33.6 Å². The first-order valence-electron chi connectivity index (χ1n) is 16.8. The van der Waals surface area contributed by atoms with Crippen LogP contribution in [0.5, 0.6) is 5.75 Å². The second kappa shape index (κ2) is 15.7. The summed E-state index contributed by atoms with van der Waals surface area (Å²) in [7, 11) is 4.06. The first kappa shape index (κ1) is 39.1. The zero-order valence-electron chi connectivity index (χ0n) is 30.7. The fourth-order valence-electron chi connectivity index (χ4n) is 5.84. The van der Waals surface area contributed by atoms with Crippen molar-refractivity contribution in [3.8, 4) is 39.4 Å². The molecule has 0 aliphatic carbocycles. The van der Waals surface area contributed by atoms with Crippen molar-refractivity contribution in [2.75, 3.05) is 23.9 Å². The van der Waals surface area contributed by atoms with E-state index in [1.807, 2.05) is 74.9 Å². The van der Waals surface area contributed by atoms with Gasteiger partial charge in [0.15, 0.2) is 0 Å². The summed E-state index contributed by atoms with van der Waals surface area (Å²) < 4.78 is 0. The molecule has 3 radical (unpaired) electrons. The number of rotatable bonds is 7. The van der Waals surface area contributed by atoms with Crippen molar-refractivity contribution >= 4 is 31.3 Å². The third kappa shape index (κ3) is 8.80. The smallest absolute Gasteiger partial charge is 0.138 e. The summed E-state index contributed by atoms with van der Waals surface area (Å²) in [5.41, 5.74) is 10.5. The Bertz CT molecular complexity index is 2070. The van der Waals surface area contributed by atoms with E-state index in [4.69, 9.17) is 9.97 Å². The first-order chi connectivity index (χ1) is 23.3. The summed E-state index contributed by atoms with van der Waals surface area (Å²) in [5, 5.41) is 11.0. The van der Waals surface area contributed by atoms with E-state index < -0.39 is 0 Å². The number of phenols is 1. The number of hydrogen-bond donors (Lipinski definition) is 1. The number of nitrogens with zero attached hydrogens (tertiary/aromatic N) is 4. The van der Waals surface area contributed by atoms with Crippen molar-refractivity contribution in [1.29, 1.82) is 0 Å². The molecule has 4 aromatic carbocycles. The van der Waals surface area contributed by atoms with Crippen molar-refractivity contribution in [3.05, 3.63) is 139 Å². The van der Waals surface area contributed by atoms with Crippen LogP contribution >= 0.6 is 0 Å². The van der Waals surface area contributed by atoms with E-state index in [1.54, 1.807) is 6.07 Å². The molecule has 2 heterocycles. The normalized spacial score (nSPS) is 11.3. The van der Waals surface area contributed by atoms with Crippen LogP contribution in [0.2, 0.25) is 0 Å². The Kier molecular flexibility index (Phi) is 12.0. The summed E-state index contributed by atoms with van der Waals surface area (Å²) in [4.78, 5) is 14.1. The van der Waals surface area contributed by atoms with Gasteiger partial charge in [0, 0.05) is 72.8 Å². The SMILES string of the molecule is CN(C)c1ccnc(N(c2[c-]c(-c3cc(-c4cc(C(C)(C)C)cc(C(C)(C)C)c4)cc(-c4ccccc4O)n3)ccc2)c2ccccc2)c1.[B].[Pt]. The Balaban J connectivity index is 0.00000292. The largest absolute Gasteiger partial charge is 0.507 e. The van der Waals surface area contributed by atoms with Crippen molar-refractivity contribution in [3.63, 3.8) is 0 Å². The molecule has 0 fully saturated rings. The van der Waals surface area contributed by atoms with Gasteiger partial charge in [-0.25, -0.2) is 4.98 Å². The maximum Gasteiger partial charge on any atom is 0.138 e. The Morgan fingerprint density at radius 1 is 0.627 bits per heavy atom. The number of aromatic nitrogens is 2. The van der Waals surface area contributed by atoms with Crippen molar-refractivity contribution in [1.82, 2.24) is 9.97 Å². The molecule has 261 valence electrons. The average molecular weight is 852 g/mol. The van der Waals surface area contributed by atoms with Gasteiger partial charge in [0.2, 0.25) is 0 Å². The molecule has 0 spiro atoms. The van der Waals surface area contributed by atoms with E-state index in [2.05, 4.69) is 112 Å². The topological polar surface area (TPSA) is 52.5 Å². The molecule has 5 nitrogen and oxygen atoms in total. The van der Waals surface area contributed by atoms with E-state index in [-0.39, 0.29) is 46.1 Å². The molecule has 7 heteroatoms. The average Bonchev–Trinajstić information content (AvgIpc) is 3.08. The predicted octanol–water partition coefficient (Wildman–Crippen LogP) is 10.7. The number of anilines is 4. The van der Waals surface area contributed by atoms with E-state index in [9.17, 15) is 5.11 Å². The van der Waals surface area contributed by atoms with Crippen molar-refractivity contribution in [2.24, 2.45) is 0 Å². The number of pyridine rings is 2. The summed E-state index contributed by atoms with van der Waals surface area (Å²) in [5.74, 6) is 0.980. The van der Waals surface area contributed by atoms with Crippen LogP contribution in [0.3, 0.4) is 0 Å². The molecule has 2 aromatic heterocycles. The second-order valence-corrected chi connectivity index (χ2v) is 14.8. The van der Waals surface area contributed by atoms with Gasteiger partial charge in [-0.15, -0.1) is 29.8 Å². The number of benzene rings is 4. The summed E-state index contributed by atoms with van der Waals surface area (Å²) >= 11 is 0. The standard InChI is InChI=1S/C44H45N4O.B.Pt/c1-43(2,3)33-23-31(24-34(28-33)44(4,5)6)32-26-39(46-40(27-32)38-19-12-13-20-41(38)49)30-15-14-18-37(25-30)48(35-16-10-9-11-17-35)42-29-36(47(7)8)21-22-45-42;;/h9-24,26-29,49H,1-8H3;;/q-1;;. The van der Waals surface area contributed by atoms with Gasteiger partial charge < -0.3 is 14.9 Å². The van der Waals surface area contributed by atoms with Crippen LogP contribution < -0.4 is 9.80 Å². The fraction of sp³-hybridized carbons (Fsp3) is 0.227. The molecule has 1 N–H and O–H groups in total. The van der Waals surface area contributed by atoms with Gasteiger partial charge >= 0.3 is 0 Å². The Morgan fingerprint density at radius 2 is 1.24 bits per heavy atom. The van der Waals surface area contributed by atoms with Crippen molar-refractivity contribution < 1.29 is 26.2 Å². The minimum Gasteiger partial charge on any atom is -0.507 e. The van der Waals surface area contributed by atoms with Gasteiger partial charge in [-0.2, -0.15) is 0 Å². The van der Waals surface area contributed by atoms with Gasteiger partial charge in [0.05, 0.1) is 5.69 Å². The fourth-order valence-corrected chi connectivity index (χ4v) is 5.84. The molecular formula is C44H45BN4OPt-. The molecule has 0 aliphatic heterocycles. The third-order valence-corrected chi connectivity index (χ3v) is 8.79. The third-order valence-electron chi connectivity index (χ3n) is 8.79. The van der Waals surface area contributed by atoms with Crippen LogP contribution in [0, 0.1) is 6.07 Å². The summed E-state index contributed by atoms with van der Waals surface area (Å²) in [6, 6.07) is 42.7. The molecule has 6 aromatic rings. The van der Waals surface area contributed by atoms with Gasteiger partial charge in [-0.05, 0) is 80.9 Å². The Labute approximate surface area is 320 Å². The maximum atomic E-state index is 11.0. The van der Waals surface area contributed by atoms with Gasteiger partial charge in [-0.3, -0.25) is 4.98 Å². The molecule has 0 atom stereocenters. The molecule has 0 aliphatic rings. The van der Waals surface area contributed by atoms with E-state index >= 15 is 0 Å². The molecule has 0 unspecified atom stereocenters. The summed E-state index contributed by atoms with van der Waals surface area (Å²) in [6.45, 7) is 13.5. The quantitative estimate of drug-likeness (QED) is 0.128. The zero-order valence-corrected chi connectivity index (χ0v) is 32.9. The minimum atomic E-state index is -0.0344. The minimum absolute atomic E-state index is 0.